The van der Waals surface area contributed by atoms with Crippen LogP contribution in [0.15, 0.2) is 91.1 Å². The van der Waals surface area contributed by atoms with E-state index in [0.29, 0.717) is 62.0 Å². The Bertz CT molecular complexity index is 3690. The molecule has 7 N–H and O–H groups in total. The minimum Gasteiger partial charge on any atom is -0.445 e. The molecule has 11 fully saturated rings. The number of rotatable bonds is 24. The molecule has 12 heterocycles. The molecule has 2 aromatic carbocycles. The lowest BCUT2D eigenvalue weighted by Crippen LogP contribution is -2.61. The molecule has 0 aromatic heterocycles. The van der Waals surface area contributed by atoms with Gasteiger partial charge in [-0.25, -0.2) is 4.79 Å². The highest BCUT2D eigenvalue weighted by Gasteiger charge is 2.69. The minimum absolute atomic E-state index is 0.00968. The Kier molecular flexibility index (Phi) is 26.9. The van der Waals surface area contributed by atoms with Gasteiger partial charge in [0.15, 0.2) is 5.79 Å². The maximum Gasteiger partial charge on any atom is 0.407 e. The van der Waals surface area contributed by atoms with Crippen molar-refractivity contribution in [1.82, 2.24) is 36.4 Å². The van der Waals surface area contributed by atoms with Crippen molar-refractivity contribution < 1.29 is 110 Å². The minimum atomic E-state index is -1.16. The molecule has 14 rings (SSSR count). The van der Waals surface area contributed by atoms with E-state index in [4.69, 9.17) is 56.8 Å². The standard InChI is InChI=1S/C79H104N8O23/c1-44-28-53-14-16-59-45(2)29-55(103-59)20-22-79-35-64-73(109-79)74-75(108-64)76(110-79)72-60(107-74)17-15-54(105-72)31-51(88)32-56-62(34-61(104-53)46(44)3)106-63(71(56)99-4)33-52(89)36-83-78(98)102-41-48-10-12-50(13-11-48)84-66(92)39-82-77(97)57(30-47-8-6-5-7-9-47)85-67(93)38-80-65(91)37-81-68(94)40-86-24-26-100-42-49(43-101-27-25-86)58(90)21-23-87-69(95)18-19-70(87)96/h5-13,18-19,44,49,52-57,59-64,71-76,89H,2-3,14-17,20-43H2,1,4H3,(H,80,91)(H,81,94)(H,82,97)(H,83,98)(H,84,92)(H,85,93)/t44-,52+,53+,54-,55+,56+,57+,59+,60+,61-,62+,63-,64-,71-,72+,73+,74?,75?,76+,79+/m1/s1. The number of anilines is 1. The van der Waals surface area contributed by atoms with Crippen LogP contribution in [0.3, 0.4) is 0 Å². The maximum absolute atomic E-state index is 14.6. The number of nitrogens with one attached hydrogen (secondary N) is 6. The Morgan fingerprint density at radius 1 is 0.664 bits per heavy atom. The summed E-state index contributed by atoms with van der Waals surface area (Å²) in [5, 5.41) is 27.1. The van der Waals surface area contributed by atoms with Gasteiger partial charge in [-0.05, 0) is 85.3 Å². The van der Waals surface area contributed by atoms with E-state index in [9.17, 15) is 53.1 Å². The number of hydrogen-bond donors (Lipinski definition) is 7. The van der Waals surface area contributed by atoms with Gasteiger partial charge in [-0.1, -0.05) is 62.5 Å². The van der Waals surface area contributed by atoms with Crippen molar-refractivity contribution in [2.75, 3.05) is 91.2 Å². The molecular weight excluding hydrogens is 1430 g/mol. The second-order valence-corrected chi connectivity index (χ2v) is 31.0. The number of imide groups is 1. The summed E-state index contributed by atoms with van der Waals surface area (Å²) in [5.74, 6) is -6.03. The Balaban J connectivity index is 0.538. The predicted molar refractivity (Wildman–Crippen MR) is 389 cm³/mol. The fourth-order valence-electron chi connectivity index (χ4n) is 17.3. The molecule has 20 atom stereocenters. The number of hydrogen-bond acceptors (Lipinski definition) is 24. The first kappa shape index (κ1) is 80.3. The van der Waals surface area contributed by atoms with Crippen molar-refractivity contribution in [3.63, 3.8) is 0 Å². The fraction of sp³-hybridized carbons (Fsp3) is 0.646. The van der Waals surface area contributed by atoms with Crippen LogP contribution in [0.5, 0.6) is 0 Å². The molecule has 2 unspecified atom stereocenters. The smallest absolute Gasteiger partial charge is 0.407 e. The first-order chi connectivity index (χ1) is 53.1. The van der Waals surface area contributed by atoms with Crippen LogP contribution in [-0.4, -0.2) is 269 Å². The molecule has 8 amide bonds. The van der Waals surface area contributed by atoms with Crippen LogP contribution in [0.2, 0.25) is 0 Å². The number of methoxy groups -OCH3 is 1. The SMILES string of the molecule is C=C1C[C@@H]2CC[C@@]34C[C@H]5OC6C(O[C@H]7CC[C@H](CC(=O)C[C@@H]8[C@@H](OC)[C@@H](C[C@H](O)CNC(=O)OCc9ccc(NC(=O)CNC(=O)[C@H](Cc%10ccccc%10)NC(=O)CNC(=O)CNC(=O)CN%10CCOCC(C(=O)CCN%11C(=O)C=CC%11=O)COCC%10)cc9)O[C@H]8C[C@H]8O[C@@H](CC[C@@H]1O2)C[C@@H](C)C8=C)O[C@@H]7[C@@H]6O3)[C@H]5O4. The Morgan fingerprint density at radius 3 is 2.12 bits per heavy atom. The van der Waals surface area contributed by atoms with Crippen LogP contribution in [0.25, 0.3) is 0 Å². The van der Waals surface area contributed by atoms with E-state index in [1.807, 2.05) is 0 Å². The molecule has 12 aliphatic heterocycles. The Labute approximate surface area is 638 Å². The lowest BCUT2D eigenvalue weighted by molar-refractivity contribution is -0.292. The molecular formula is C79H104N8O23. The predicted octanol–water partition coefficient (Wildman–Crippen LogP) is 2.27. The topological polar surface area (TPSA) is 380 Å². The van der Waals surface area contributed by atoms with Crippen LogP contribution < -0.4 is 31.9 Å². The van der Waals surface area contributed by atoms with Crippen molar-refractivity contribution in [3.05, 3.63) is 102 Å². The molecule has 11 saturated heterocycles. The van der Waals surface area contributed by atoms with Crippen molar-refractivity contribution >= 4 is 64.7 Å². The second kappa shape index (κ2) is 36.8. The molecule has 0 radical (unpaired) electrons. The number of aliphatic hydroxyl groups is 1. The van der Waals surface area contributed by atoms with E-state index >= 15 is 0 Å². The lowest BCUT2D eigenvalue weighted by atomic mass is 9.81. The summed E-state index contributed by atoms with van der Waals surface area (Å²) in [4.78, 5) is 133. The lowest BCUT2D eigenvalue weighted by Gasteiger charge is -2.47. The molecule has 2 aromatic rings. The fourth-order valence-corrected chi connectivity index (χ4v) is 17.3. The number of Topliss-reactive ketones (excluding diaryl/α,β-unsaturated/α-hetero) is 2. The zero-order chi connectivity index (χ0) is 77.2. The molecule has 31 heteroatoms. The molecule has 1 spiro atoms. The summed E-state index contributed by atoms with van der Waals surface area (Å²) >= 11 is 0. The highest BCUT2D eigenvalue weighted by atomic mass is 16.8. The molecule has 0 aliphatic carbocycles. The largest absolute Gasteiger partial charge is 0.445 e. The van der Waals surface area contributed by atoms with E-state index < -0.39 is 133 Å². The number of aliphatic hydroxyl groups excluding tert-OH is 1. The van der Waals surface area contributed by atoms with Gasteiger partial charge in [0.1, 0.15) is 54.7 Å². The van der Waals surface area contributed by atoms with Gasteiger partial charge in [0, 0.05) is 108 Å². The van der Waals surface area contributed by atoms with Gasteiger partial charge >= 0.3 is 6.09 Å². The van der Waals surface area contributed by atoms with Crippen molar-refractivity contribution in [3.8, 4) is 0 Å². The summed E-state index contributed by atoms with van der Waals surface area (Å²) in [7, 11) is 1.58. The number of ketones is 2. The van der Waals surface area contributed by atoms with Crippen LogP contribution in [-0.2, 0) is 113 Å². The second-order valence-electron chi connectivity index (χ2n) is 31.0. The molecule has 12 bridgehead atoms. The molecule has 598 valence electrons. The number of benzene rings is 2. The third-order valence-corrected chi connectivity index (χ3v) is 23.1. The van der Waals surface area contributed by atoms with Gasteiger partial charge in [-0.2, -0.15) is 0 Å². The Hall–Kier alpha value is -7.76. The van der Waals surface area contributed by atoms with Gasteiger partial charge < -0.3 is 93.8 Å². The highest BCUT2D eigenvalue weighted by Crippen LogP contribution is 2.55. The van der Waals surface area contributed by atoms with E-state index in [2.05, 4.69) is 52.0 Å². The first-order valence-electron chi connectivity index (χ1n) is 38.8. The van der Waals surface area contributed by atoms with Crippen LogP contribution in [0.4, 0.5) is 10.5 Å². The van der Waals surface area contributed by atoms with Gasteiger partial charge in [0.2, 0.25) is 29.5 Å². The van der Waals surface area contributed by atoms with Gasteiger partial charge in [0.05, 0.1) is 126 Å². The average molecular weight is 1530 g/mol. The van der Waals surface area contributed by atoms with Crippen molar-refractivity contribution in [2.24, 2.45) is 17.8 Å². The third kappa shape index (κ3) is 20.4. The number of amides is 8. The van der Waals surface area contributed by atoms with E-state index in [0.717, 1.165) is 60.3 Å². The van der Waals surface area contributed by atoms with E-state index in [1.165, 1.54) is 0 Å². The third-order valence-electron chi connectivity index (χ3n) is 23.1. The molecule has 0 saturated carbocycles. The van der Waals surface area contributed by atoms with Crippen molar-refractivity contribution in [1.29, 1.82) is 0 Å². The van der Waals surface area contributed by atoms with Gasteiger partial charge in [-0.15, -0.1) is 0 Å². The summed E-state index contributed by atoms with van der Waals surface area (Å²) < 4.78 is 77.8. The molecule has 110 heavy (non-hydrogen) atoms. The number of alkyl carbamates (subject to hydrolysis) is 1. The normalized spacial score (nSPS) is 33.1. The quantitative estimate of drug-likeness (QED) is 0.0585. The van der Waals surface area contributed by atoms with E-state index in [1.54, 1.807) is 66.6 Å². The number of ether oxygens (including phenoxy) is 12. The molecule has 31 nitrogen and oxygen atoms in total. The van der Waals surface area contributed by atoms with Crippen LogP contribution in [0.1, 0.15) is 108 Å². The maximum atomic E-state index is 14.6. The highest BCUT2D eigenvalue weighted by molar-refractivity contribution is 6.13. The summed E-state index contributed by atoms with van der Waals surface area (Å²) in [6.45, 7) is 10.3. The van der Waals surface area contributed by atoms with E-state index in [-0.39, 0.29) is 157 Å². The number of nitrogens with zero attached hydrogens (tertiary/aromatic N) is 2. The number of fused-ring (bicyclic) bond motifs is 6. The van der Waals surface area contributed by atoms with Crippen LogP contribution >= 0.6 is 0 Å². The summed E-state index contributed by atoms with van der Waals surface area (Å²) in [5.41, 5.74) is 3.67. The summed E-state index contributed by atoms with van der Waals surface area (Å²) in [6, 6.07) is 14.1. The van der Waals surface area contributed by atoms with Gasteiger partial charge in [-0.3, -0.25) is 53.0 Å². The Morgan fingerprint density at radius 2 is 1.35 bits per heavy atom. The van der Waals surface area contributed by atoms with Crippen LogP contribution in [0, 0.1) is 17.8 Å². The first-order valence-corrected chi connectivity index (χ1v) is 38.8. The van der Waals surface area contributed by atoms with Gasteiger partial charge in [0.25, 0.3) is 11.8 Å². The zero-order valence-electron chi connectivity index (χ0n) is 62.4. The number of carbonyl (C=O) groups is 10. The monoisotopic (exact) mass is 1530 g/mol. The zero-order valence-corrected chi connectivity index (χ0v) is 62.4. The number of carbonyl (C=O) groups excluding carboxylic acids is 10. The average Bonchev–Trinajstić information content (AvgIpc) is 1.55. The molecule has 12 aliphatic rings. The van der Waals surface area contributed by atoms with Crippen molar-refractivity contribution in [2.45, 2.75) is 219 Å². The summed E-state index contributed by atoms with van der Waals surface area (Å²) in [6.07, 6.45) is 2.66.